The molecule has 1 aliphatic heterocycles. The van der Waals surface area contributed by atoms with Gasteiger partial charge in [-0.05, 0) is 24.9 Å². The highest BCUT2D eigenvalue weighted by Crippen LogP contribution is 2.41. The van der Waals surface area contributed by atoms with Gasteiger partial charge in [-0.3, -0.25) is 0 Å². The van der Waals surface area contributed by atoms with E-state index in [4.69, 9.17) is 4.74 Å². The van der Waals surface area contributed by atoms with Crippen LogP contribution in [0.1, 0.15) is 0 Å². The van der Waals surface area contributed by atoms with Crippen LogP contribution < -0.4 is 14.8 Å². The lowest BCUT2D eigenvalue weighted by Gasteiger charge is -2.09. The molecule has 2 unspecified atom stereocenters. The van der Waals surface area contributed by atoms with Crippen molar-refractivity contribution in [3.05, 3.63) is 0 Å². The molecule has 88 valence electrons. The normalized spacial score (nSPS) is 34.1. The maximum absolute atomic E-state index is 11.5. The molecule has 0 radical (unpaired) electrons. The Morgan fingerprint density at radius 2 is 2.07 bits per heavy atom. The average molecular weight is 235 g/mol. The summed E-state index contributed by atoms with van der Waals surface area (Å²) in [4.78, 5) is 0. The highest BCUT2D eigenvalue weighted by Gasteiger charge is 2.54. The molecular weight excluding hydrogens is 218 g/mol. The van der Waals surface area contributed by atoms with Crippen LogP contribution in [0.2, 0.25) is 0 Å². The molecule has 2 rings (SSSR count). The molecule has 1 saturated carbocycles. The summed E-state index contributed by atoms with van der Waals surface area (Å²) in [5, 5.41) is 3.21. The van der Waals surface area contributed by atoms with Gasteiger partial charge in [-0.15, -0.1) is 0 Å². The van der Waals surface area contributed by atoms with Crippen molar-refractivity contribution in [2.24, 2.45) is 11.8 Å². The molecule has 0 aromatic rings. The van der Waals surface area contributed by atoms with Gasteiger partial charge in [0.1, 0.15) is 0 Å². The van der Waals surface area contributed by atoms with Crippen LogP contribution in [-0.4, -0.2) is 47.8 Å². The standard InChI is InChI=1S/C8H17N3O3S/c1-14-3-2-10-15(12,13)11-8-6-4-9-5-7(6)8/h6-11H,2-5H2,1H3. The predicted octanol–water partition coefficient (Wildman–Crippen LogP) is -1.73. The van der Waals surface area contributed by atoms with Crippen molar-refractivity contribution >= 4 is 10.2 Å². The number of ether oxygens (including phenoxy) is 1. The number of methoxy groups -OCH3 is 1. The smallest absolute Gasteiger partial charge is 0.277 e. The summed E-state index contributed by atoms with van der Waals surface area (Å²) in [5.41, 5.74) is 0. The Morgan fingerprint density at radius 3 is 2.67 bits per heavy atom. The molecule has 2 aliphatic rings. The van der Waals surface area contributed by atoms with Crippen LogP contribution in [-0.2, 0) is 14.9 Å². The van der Waals surface area contributed by atoms with Crippen molar-refractivity contribution in [1.29, 1.82) is 0 Å². The fraction of sp³-hybridized carbons (Fsp3) is 1.00. The first kappa shape index (κ1) is 11.3. The second-order valence-electron chi connectivity index (χ2n) is 4.02. The van der Waals surface area contributed by atoms with Crippen LogP contribution in [0.25, 0.3) is 0 Å². The van der Waals surface area contributed by atoms with E-state index in [0.29, 0.717) is 25.0 Å². The Kier molecular flexibility index (Phi) is 3.27. The lowest BCUT2D eigenvalue weighted by Crippen LogP contribution is -2.41. The number of hydrogen-bond acceptors (Lipinski definition) is 4. The van der Waals surface area contributed by atoms with Crippen molar-refractivity contribution in [2.45, 2.75) is 6.04 Å². The van der Waals surface area contributed by atoms with E-state index in [2.05, 4.69) is 14.8 Å². The molecule has 0 spiro atoms. The highest BCUT2D eigenvalue weighted by atomic mass is 32.2. The number of hydrogen-bond donors (Lipinski definition) is 3. The maximum Gasteiger partial charge on any atom is 0.277 e. The first-order valence-electron chi connectivity index (χ1n) is 5.10. The van der Waals surface area contributed by atoms with Crippen molar-refractivity contribution in [3.8, 4) is 0 Å². The number of fused-ring (bicyclic) bond motifs is 1. The van der Waals surface area contributed by atoms with Crippen LogP contribution in [0, 0.1) is 11.8 Å². The van der Waals surface area contributed by atoms with Crippen LogP contribution in [0.4, 0.5) is 0 Å². The first-order chi connectivity index (χ1) is 7.14. The Morgan fingerprint density at radius 1 is 1.40 bits per heavy atom. The van der Waals surface area contributed by atoms with Crippen molar-refractivity contribution in [2.75, 3.05) is 33.4 Å². The maximum atomic E-state index is 11.5. The van der Waals surface area contributed by atoms with Gasteiger partial charge in [0.2, 0.25) is 0 Å². The Balaban J connectivity index is 1.74. The SMILES string of the molecule is COCCNS(=O)(=O)NC1C2CNCC21. The lowest BCUT2D eigenvalue weighted by atomic mass is 10.4. The number of piperidine rings is 1. The molecule has 1 heterocycles. The molecule has 6 nitrogen and oxygen atoms in total. The fourth-order valence-electron chi connectivity index (χ4n) is 2.09. The second kappa shape index (κ2) is 4.34. The minimum Gasteiger partial charge on any atom is -0.383 e. The summed E-state index contributed by atoms with van der Waals surface area (Å²) in [6, 6.07) is 0.131. The molecular formula is C8H17N3O3S. The van der Waals surface area contributed by atoms with Crippen molar-refractivity contribution < 1.29 is 13.2 Å². The number of nitrogens with one attached hydrogen (secondary N) is 3. The quantitative estimate of drug-likeness (QED) is 0.478. The van der Waals surface area contributed by atoms with E-state index < -0.39 is 10.2 Å². The molecule has 1 saturated heterocycles. The van der Waals surface area contributed by atoms with E-state index >= 15 is 0 Å². The molecule has 0 bridgehead atoms. The molecule has 1 aliphatic carbocycles. The third kappa shape index (κ3) is 2.67. The van der Waals surface area contributed by atoms with Crippen LogP contribution >= 0.6 is 0 Å². The molecule has 3 N–H and O–H groups in total. The third-order valence-electron chi connectivity index (χ3n) is 2.98. The zero-order chi connectivity index (χ0) is 10.9. The van der Waals surface area contributed by atoms with Gasteiger partial charge in [0, 0.05) is 19.7 Å². The van der Waals surface area contributed by atoms with Gasteiger partial charge in [0.25, 0.3) is 10.2 Å². The minimum atomic E-state index is -3.34. The fourth-order valence-corrected chi connectivity index (χ4v) is 3.24. The first-order valence-corrected chi connectivity index (χ1v) is 6.59. The third-order valence-corrected chi connectivity index (χ3v) is 4.15. The second-order valence-corrected chi connectivity index (χ2v) is 5.55. The Hall–Kier alpha value is -0.210. The van der Waals surface area contributed by atoms with E-state index in [1.807, 2.05) is 0 Å². The largest absolute Gasteiger partial charge is 0.383 e. The molecule has 2 atom stereocenters. The van der Waals surface area contributed by atoms with Gasteiger partial charge in [0.15, 0.2) is 0 Å². The van der Waals surface area contributed by atoms with E-state index in [1.165, 1.54) is 0 Å². The van der Waals surface area contributed by atoms with Crippen molar-refractivity contribution in [3.63, 3.8) is 0 Å². The summed E-state index contributed by atoms with van der Waals surface area (Å²) in [6.07, 6.45) is 0. The van der Waals surface area contributed by atoms with Gasteiger partial charge in [-0.1, -0.05) is 0 Å². The highest BCUT2D eigenvalue weighted by molar-refractivity contribution is 7.87. The summed E-state index contributed by atoms with van der Waals surface area (Å²) >= 11 is 0. The molecule has 15 heavy (non-hydrogen) atoms. The van der Waals surface area contributed by atoms with Gasteiger partial charge in [0.05, 0.1) is 6.61 Å². The minimum absolute atomic E-state index is 0.131. The molecule has 7 heteroatoms. The molecule has 0 amide bonds. The zero-order valence-electron chi connectivity index (χ0n) is 8.69. The van der Waals surface area contributed by atoms with Gasteiger partial charge in [-0.25, -0.2) is 0 Å². The van der Waals surface area contributed by atoms with Gasteiger partial charge >= 0.3 is 0 Å². The van der Waals surface area contributed by atoms with Gasteiger partial charge < -0.3 is 10.1 Å². The molecule has 2 fully saturated rings. The monoisotopic (exact) mass is 235 g/mol. The topological polar surface area (TPSA) is 79.5 Å². The van der Waals surface area contributed by atoms with Crippen LogP contribution in [0.5, 0.6) is 0 Å². The van der Waals surface area contributed by atoms with Crippen LogP contribution in [0.3, 0.4) is 0 Å². The molecule has 0 aromatic heterocycles. The van der Waals surface area contributed by atoms with Gasteiger partial charge in [-0.2, -0.15) is 17.9 Å². The Labute approximate surface area is 89.9 Å². The number of rotatable bonds is 6. The summed E-state index contributed by atoms with van der Waals surface area (Å²) in [6.45, 7) is 2.55. The summed E-state index contributed by atoms with van der Waals surface area (Å²) < 4.78 is 32.8. The summed E-state index contributed by atoms with van der Waals surface area (Å²) in [7, 11) is -1.80. The van der Waals surface area contributed by atoms with E-state index in [9.17, 15) is 8.42 Å². The lowest BCUT2D eigenvalue weighted by molar-refractivity contribution is 0.204. The van der Waals surface area contributed by atoms with E-state index in [0.717, 1.165) is 13.1 Å². The van der Waals surface area contributed by atoms with Crippen molar-refractivity contribution in [1.82, 2.24) is 14.8 Å². The van der Waals surface area contributed by atoms with E-state index in [-0.39, 0.29) is 6.04 Å². The van der Waals surface area contributed by atoms with E-state index in [1.54, 1.807) is 7.11 Å². The van der Waals surface area contributed by atoms with Crippen LogP contribution in [0.15, 0.2) is 0 Å². The predicted molar refractivity (Wildman–Crippen MR) is 55.6 cm³/mol. The summed E-state index contributed by atoms with van der Waals surface area (Å²) in [5.74, 6) is 0.980. The zero-order valence-corrected chi connectivity index (χ0v) is 9.51. The Bertz CT molecular complexity index is 309. The average Bonchev–Trinajstić information content (AvgIpc) is 2.64. The molecule has 0 aromatic carbocycles.